The molecule has 4 heteroatoms. The first-order valence-electron chi connectivity index (χ1n) is 10.6. The lowest BCUT2D eigenvalue weighted by Crippen LogP contribution is -2.54. The molecule has 0 aromatic heterocycles. The number of ketones is 1. The minimum atomic E-state index is -0.0102. The topological polar surface area (TPSA) is 26.3 Å². The summed E-state index contributed by atoms with van der Waals surface area (Å²) in [5, 5.41) is 0. The van der Waals surface area contributed by atoms with Crippen LogP contribution in [0, 0.1) is 28.6 Å². The van der Waals surface area contributed by atoms with Crippen LogP contribution in [0.4, 0.5) is 0 Å². The van der Waals surface area contributed by atoms with Crippen LogP contribution in [0.2, 0.25) is 0 Å². The molecule has 0 unspecified atom stereocenters. The maximum absolute atomic E-state index is 12.6. The number of carbonyl (C=O) groups is 1. The van der Waals surface area contributed by atoms with E-state index in [2.05, 4.69) is 36.5 Å². The summed E-state index contributed by atoms with van der Waals surface area (Å²) >= 11 is 4.37. The molecular weight excluding hydrogens is 360 g/mol. The van der Waals surface area contributed by atoms with Crippen molar-refractivity contribution >= 4 is 29.3 Å². The van der Waals surface area contributed by atoms with Gasteiger partial charge in [0.15, 0.2) is 0 Å². The number of fused-ring (bicyclic) bond motifs is 5. The summed E-state index contributed by atoms with van der Waals surface area (Å²) in [5.74, 6) is 5.28. The highest BCUT2D eigenvalue weighted by Crippen LogP contribution is 2.67. The molecule has 2 nitrogen and oxygen atoms in total. The molecule has 26 heavy (non-hydrogen) atoms. The monoisotopic (exact) mass is 392 g/mol. The van der Waals surface area contributed by atoms with E-state index in [9.17, 15) is 4.79 Å². The maximum atomic E-state index is 12.6. The lowest BCUT2D eigenvalue weighted by molar-refractivity contribution is -0.134. The van der Waals surface area contributed by atoms with E-state index in [1.807, 2.05) is 7.11 Å². The van der Waals surface area contributed by atoms with Crippen LogP contribution in [0.5, 0.6) is 0 Å². The third-order valence-corrected chi connectivity index (χ3v) is 12.1. The molecule has 144 valence electrons. The largest absolute Gasteiger partial charge is 0.384 e. The molecule has 4 fully saturated rings. The van der Waals surface area contributed by atoms with Gasteiger partial charge in [-0.05, 0) is 62.7 Å². The predicted molar refractivity (Wildman–Crippen MR) is 111 cm³/mol. The van der Waals surface area contributed by atoms with Crippen LogP contribution >= 0.6 is 23.5 Å². The van der Waals surface area contributed by atoms with Gasteiger partial charge in [-0.1, -0.05) is 18.6 Å². The van der Waals surface area contributed by atoms with Crippen molar-refractivity contribution in [2.45, 2.75) is 62.4 Å². The maximum Gasteiger partial charge on any atom is 0.139 e. The summed E-state index contributed by atoms with van der Waals surface area (Å²) < 4.78 is 6.24. The van der Waals surface area contributed by atoms with Gasteiger partial charge < -0.3 is 4.74 Å². The van der Waals surface area contributed by atoms with E-state index < -0.39 is 0 Å². The molecule has 5 atom stereocenters. The van der Waals surface area contributed by atoms with Crippen molar-refractivity contribution in [3.8, 4) is 0 Å². The molecule has 0 aromatic rings. The quantitative estimate of drug-likeness (QED) is 0.594. The third-order valence-electron chi connectivity index (χ3n) is 8.73. The van der Waals surface area contributed by atoms with Gasteiger partial charge in [0.1, 0.15) is 5.78 Å². The van der Waals surface area contributed by atoms with Crippen molar-refractivity contribution in [2.24, 2.45) is 28.6 Å². The van der Waals surface area contributed by atoms with Crippen molar-refractivity contribution in [2.75, 3.05) is 25.2 Å². The first-order valence-corrected chi connectivity index (χ1v) is 12.5. The molecule has 0 N–H and O–H groups in total. The molecular formula is C22H32O2S2. The molecule has 5 aliphatic rings. The Labute approximate surface area is 166 Å². The minimum Gasteiger partial charge on any atom is -0.384 e. The van der Waals surface area contributed by atoms with E-state index in [1.165, 1.54) is 43.6 Å². The van der Waals surface area contributed by atoms with Gasteiger partial charge in [0.25, 0.3) is 0 Å². The second-order valence-corrected chi connectivity index (χ2v) is 12.7. The second-order valence-electron chi connectivity index (χ2n) is 9.60. The Balaban J connectivity index is 1.52. The van der Waals surface area contributed by atoms with Gasteiger partial charge in [-0.3, -0.25) is 4.79 Å². The molecule has 5 rings (SSSR count). The van der Waals surface area contributed by atoms with Gasteiger partial charge >= 0.3 is 0 Å². The number of carbonyl (C=O) groups excluding carboxylic acids is 1. The molecule has 4 aliphatic carbocycles. The first-order chi connectivity index (χ1) is 12.5. The Morgan fingerprint density at radius 1 is 1.08 bits per heavy atom. The molecule has 1 saturated heterocycles. The van der Waals surface area contributed by atoms with Crippen LogP contribution in [0.25, 0.3) is 0 Å². The number of thioether (sulfide) groups is 2. The average Bonchev–Trinajstić information content (AvgIpc) is 3.21. The normalized spacial score (nSPS) is 46.6. The molecule has 1 heterocycles. The Hall–Kier alpha value is 0.0700. The third kappa shape index (κ3) is 2.40. The van der Waals surface area contributed by atoms with Gasteiger partial charge in [0.05, 0.1) is 10.7 Å². The number of hydrogen-bond donors (Lipinski definition) is 0. The zero-order valence-corrected chi connectivity index (χ0v) is 17.9. The van der Waals surface area contributed by atoms with Crippen LogP contribution in [-0.4, -0.2) is 35.1 Å². The highest BCUT2D eigenvalue weighted by Gasteiger charge is 2.61. The fourth-order valence-corrected chi connectivity index (χ4v) is 10.6. The van der Waals surface area contributed by atoms with E-state index in [4.69, 9.17) is 4.74 Å². The molecule has 0 bridgehead atoms. The summed E-state index contributed by atoms with van der Waals surface area (Å²) in [4.78, 5) is 12.6. The smallest absolute Gasteiger partial charge is 0.139 e. The molecule has 1 aliphatic heterocycles. The lowest BCUT2D eigenvalue weighted by atomic mass is 9.47. The summed E-state index contributed by atoms with van der Waals surface area (Å²) in [7, 11) is 1.89. The average molecular weight is 393 g/mol. The van der Waals surface area contributed by atoms with Crippen molar-refractivity contribution in [1.82, 2.24) is 0 Å². The molecule has 0 radical (unpaired) electrons. The zero-order valence-electron chi connectivity index (χ0n) is 16.2. The standard InChI is InChI=1S/C22H32O2S2/c1-20-8-7-18-16(17(20)5-6-19(20)23)4-3-15-13-22(25-11-12-26-22)10-9-21(15,18)14-24-2/h13,16-18H,3-12,14H2,1-2H3/t16-,17-,18-,20-,21+/m0/s1. The zero-order chi connectivity index (χ0) is 18.0. The van der Waals surface area contributed by atoms with E-state index in [1.54, 1.807) is 5.57 Å². The number of Topliss-reactive ketones (excluding diaryl/α,β-unsaturated/α-hetero) is 1. The molecule has 3 saturated carbocycles. The minimum absolute atomic E-state index is 0.0102. The number of methoxy groups -OCH3 is 1. The predicted octanol–water partition coefficient (Wildman–Crippen LogP) is 5.32. The number of hydrogen-bond acceptors (Lipinski definition) is 4. The Morgan fingerprint density at radius 3 is 2.65 bits per heavy atom. The van der Waals surface area contributed by atoms with E-state index in [-0.39, 0.29) is 10.8 Å². The summed E-state index contributed by atoms with van der Waals surface area (Å²) in [5.41, 5.74) is 1.98. The Morgan fingerprint density at radius 2 is 1.88 bits per heavy atom. The Kier molecular flexibility index (Phi) is 4.38. The highest BCUT2D eigenvalue weighted by molar-refractivity contribution is 8.21. The fraction of sp³-hybridized carbons (Fsp3) is 0.864. The number of rotatable bonds is 2. The van der Waals surface area contributed by atoms with Gasteiger partial charge in [0.2, 0.25) is 0 Å². The van der Waals surface area contributed by atoms with Crippen molar-refractivity contribution < 1.29 is 9.53 Å². The van der Waals surface area contributed by atoms with Gasteiger partial charge in [-0.15, -0.1) is 23.5 Å². The van der Waals surface area contributed by atoms with Crippen LogP contribution in [0.1, 0.15) is 58.3 Å². The fourth-order valence-electron chi connectivity index (χ4n) is 7.48. The van der Waals surface area contributed by atoms with E-state index in [0.29, 0.717) is 15.8 Å². The van der Waals surface area contributed by atoms with Crippen LogP contribution in [-0.2, 0) is 9.53 Å². The van der Waals surface area contributed by atoms with Crippen molar-refractivity contribution in [3.05, 3.63) is 11.6 Å². The van der Waals surface area contributed by atoms with E-state index in [0.717, 1.165) is 37.7 Å². The SMILES string of the molecule is COC[C@]12CCC3(C=C1CC[C@@H]1[C@@H]2CC[C@]2(C)C(=O)CC[C@@H]12)SCCS3. The van der Waals surface area contributed by atoms with Gasteiger partial charge in [0, 0.05) is 35.9 Å². The molecule has 0 aromatic carbocycles. The van der Waals surface area contributed by atoms with Gasteiger partial charge in [-0.25, -0.2) is 0 Å². The highest BCUT2D eigenvalue weighted by atomic mass is 32.2. The molecule has 1 spiro atoms. The summed E-state index contributed by atoms with van der Waals surface area (Å²) in [6, 6.07) is 0. The summed E-state index contributed by atoms with van der Waals surface area (Å²) in [6.07, 6.45) is 12.2. The second kappa shape index (κ2) is 6.29. The van der Waals surface area contributed by atoms with Crippen LogP contribution in [0.15, 0.2) is 11.6 Å². The first kappa shape index (κ1) is 18.1. The van der Waals surface area contributed by atoms with E-state index >= 15 is 0 Å². The van der Waals surface area contributed by atoms with Crippen LogP contribution in [0.3, 0.4) is 0 Å². The van der Waals surface area contributed by atoms with Gasteiger partial charge in [-0.2, -0.15) is 0 Å². The lowest BCUT2D eigenvalue weighted by Gasteiger charge is -2.59. The van der Waals surface area contributed by atoms with Crippen molar-refractivity contribution in [1.29, 1.82) is 0 Å². The van der Waals surface area contributed by atoms with Crippen molar-refractivity contribution in [3.63, 3.8) is 0 Å². The van der Waals surface area contributed by atoms with Crippen LogP contribution < -0.4 is 0 Å². The summed E-state index contributed by atoms with van der Waals surface area (Å²) in [6.45, 7) is 3.18. The Bertz CT molecular complexity index is 638. The molecule has 0 amide bonds. The number of ether oxygens (including phenoxy) is 1.